The molecule has 124 valence electrons. The molecule has 0 bridgehead atoms. The number of ether oxygens (including phenoxy) is 1. The average Bonchev–Trinajstić information content (AvgIpc) is 2.61. The number of nitrogens with one attached hydrogen (secondary N) is 1. The molecule has 0 aliphatic rings. The van der Waals surface area contributed by atoms with Gasteiger partial charge in [-0.25, -0.2) is 0 Å². The van der Waals surface area contributed by atoms with Crippen molar-refractivity contribution in [3.05, 3.63) is 77.2 Å². The molecule has 0 aliphatic carbocycles. The zero-order chi connectivity index (χ0) is 17.4. The maximum absolute atomic E-state index is 12.2. The molecule has 0 heterocycles. The molecule has 2 aromatic carbocycles. The highest BCUT2D eigenvalue weighted by Crippen LogP contribution is 2.12. The smallest absolute Gasteiger partial charge is 0.224 e. The van der Waals surface area contributed by atoms with Gasteiger partial charge in [0.15, 0.2) is 0 Å². The SMILES string of the molecule is C=C/C=c1/cccc/c1=C(/C)NC(=O)CCc1ccc(OC)cc1. The largest absolute Gasteiger partial charge is 0.497 e. The van der Waals surface area contributed by atoms with Crippen molar-refractivity contribution < 1.29 is 9.53 Å². The molecule has 0 saturated carbocycles. The Labute approximate surface area is 143 Å². The Morgan fingerprint density at radius 3 is 2.54 bits per heavy atom. The fourth-order valence-electron chi connectivity index (χ4n) is 2.50. The van der Waals surface area contributed by atoms with Crippen LogP contribution in [0.15, 0.2) is 61.2 Å². The number of hydrogen-bond donors (Lipinski definition) is 1. The second kappa shape index (κ2) is 8.73. The Hall–Kier alpha value is -2.81. The van der Waals surface area contributed by atoms with Crippen molar-refractivity contribution >= 4 is 17.7 Å². The third-order valence-corrected chi connectivity index (χ3v) is 3.79. The van der Waals surface area contributed by atoms with Crippen molar-refractivity contribution in [2.75, 3.05) is 7.11 Å². The van der Waals surface area contributed by atoms with E-state index in [1.807, 2.05) is 61.5 Å². The van der Waals surface area contributed by atoms with Crippen molar-refractivity contribution in [2.45, 2.75) is 19.8 Å². The van der Waals surface area contributed by atoms with Crippen molar-refractivity contribution in [1.82, 2.24) is 5.32 Å². The quantitative estimate of drug-likeness (QED) is 0.888. The predicted molar refractivity (Wildman–Crippen MR) is 98.9 cm³/mol. The number of allylic oxidation sites excluding steroid dienone is 1. The van der Waals surface area contributed by atoms with E-state index >= 15 is 0 Å². The number of hydrogen-bond acceptors (Lipinski definition) is 2. The maximum Gasteiger partial charge on any atom is 0.224 e. The Kier molecular flexibility index (Phi) is 6.38. The number of methoxy groups -OCH3 is 1. The molecule has 0 saturated heterocycles. The third-order valence-electron chi connectivity index (χ3n) is 3.79. The van der Waals surface area contributed by atoms with E-state index in [1.54, 1.807) is 13.2 Å². The maximum atomic E-state index is 12.2. The lowest BCUT2D eigenvalue weighted by Crippen LogP contribution is -2.33. The summed E-state index contributed by atoms with van der Waals surface area (Å²) >= 11 is 0. The van der Waals surface area contributed by atoms with E-state index in [4.69, 9.17) is 4.74 Å². The lowest BCUT2D eigenvalue weighted by atomic mass is 10.1. The second-order valence-corrected chi connectivity index (χ2v) is 5.51. The van der Waals surface area contributed by atoms with Gasteiger partial charge in [-0.1, -0.05) is 55.1 Å². The lowest BCUT2D eigenvalue weighted by Gasteiger charge is -2.07. The van der Waals surface area contributed by atoms with E-state index in [9.17, 15) is 4.79 Å². The zero-order valence-electron chi connectivity index (χ0n) is 14.2. The van der Waals surface area contributed by atoms with Gasteiger partial charge in [-0.2, -0.15) is 0 Å². The monoisotopic (exact) mass is 321 g/mol. The van der Waals surface area contributed by atoms with Crippen LogP contribution in [0.25, 0.3) is 11.8 Å². The van der Waals surface area contributed by atoms with Gasteiger partial charge in [0.2, 0.25) is 5.91 Å². The minimum atomic E-state index is 0.0109. The molecular formula is C21H23NO2. The molecule has 1 amide bonds. The van der Waals surface area contributed by atoms with E-state index in [-0.39, 0.29) is 5.91 Å². The summed E-state index contributed by atoms with van der Waals surface area (Å²) in [4.78, 5) is 12.2. The standard InChI is InChI=1S/C21H23NO2/c1-4-7-18-8-5-6-9-20(18)16(2)22-21(23)15-12-17-10-13-19(24-3)14-11-17/h4-11,13-14H,1,12,15H2,2-3H3,(H,22,23)/b18-7-,20-16+. The molecule has 2 rings (SSSR count). The third kappa shape index (κ3) is 4.85. The Balaban J connectivity index is 2.05. The van der Waals surface area contributed by atoms with E-state index in [1.165, 1.54) is 0 Å². The van der Waals surface area contributed by atoms with Gasteiger partial charge in [0.05, 0.1) is 7.11 Å². The zero-order valence-corrected chi connectivity index (χ0v) is 14.2. The summed E-state index contributed by atoms with van der Waals surface area (Å²) in [7, 11) is 1.64. The molecular weight excluding hydrogens is 298 g/mol. The Bertz CT molecular complexity index is 820. The normalized spacial score (nSPS) is 12.5. The van der Waals surface area contributed by atoms with Gasteiger partial charge in [-0.3, -0.25) is 4.79 Å². The molecule has 0 aliphatic heterocycles. The van der Waals surface area contributed by atoms with Gasteiger partial charge in [0.1, 0.15) is 5.75 Å². The number of amides is 1. The highest BCUT2D eigenvalue weighted by atomic mass is 16.5. The molecule has 24 heavy (non-hydrogen) atoms. The summed E-state index contributed by atoms with van der Waals surface area (Å²) < 4.78 is 5.13. The minimum Gasteiger partial charge on any atom is -0.497 e. The number of carbonyl (C=O) groups excluding carboxylic acids is 1. The van der Waals surface area contributed by atoms with Crippen LogP contribution in [0.3, 0.4) is 0 Å². The minimum absolute atomic E-state index is 0.0109. The summed E-state index contributed by atoms with van der Waals surface area (Å²) in [6, 6.07) is 15.7. The van der Waals surface area contributed by atoms with Gasteiger partial charge in [-0.15, -0.1) is 0 Å². The van der Waals surface area contributed by atoms with Crippen molar-refractivity contribution in [2.24, 2.45) is 0 Å². The molecule has 0 fully saturated rings. The van der Waals surface area contributed by atoms with Crippen molar-refractivity contribution in [3.8, 4) is 5.75 Å². The van der Waals surface area contributed by atoms with Crippen LogP contribution in [0.5, 0.6) is 5.75 Å². The first-order chi connectivity index (χ1) is 11.6. The average molecular weight is 321 g/mol. The van der Waals surface area contributed by atoms with Gasteiger partial charge in [-0.05, 0) is 36.3 Å². The van der Waals surface area contributed by atoms with E-state index < -0.39 is 0 Å². The van der Waals surface area contributed by atoms with Gasteiger partial charge < -0.3 is 10.1 Å². The lowest BCUT2D eigenvalue weighted by molar-refractivity contribution is -0.119. The van der Waals surface area contributed by atoms with Crippen molar-refractivity contribution in [3.63, 3.8) is 0 Å². The molecule has 0 atom stereocenters. The fourth-order valence-corrected chi connectivity index (χ4v) is 2.50. The first kappa shape index (κ1) is 17.5. The predicted octanol–water partition coefficient (Wildman–Crippen LogP) is 2.54. The number of rotatable bonds is 6. The van der Waals surface area contributed by atoms with E-state index in [0.717, 1.165) is 27.4 Å². The van der Waals surface area contributed by atoms with Crippen LogP contribution in [0, 0.1) is 0 Å². The number of benzene rings is 2. The van der Waals surface area contributed by atoms with Crippen LogP contribution < -0.4 is 20.5 Å². The van der Waals surface area contributed by atoms with Crippen LogP contribution in [0.2, 0.25) is 0 Å². The number of aryl methyl sites for hydroxylation is 1. The van der Waals surface area contributed by atoms with E-state index in [2.05, 4.69) is 11.9 Å². The van der Waals surface area contributed by atoms with E-state index in [0.29, 0.717) is 12.8 Å². The van der Waals surface area contributed by atoms with Gasteiger partial charge >= 0.3 is 0 Å². The van der Waals surface area contributed by atoms with Crippen molar-refractivity contribution in [1.29, 1.82) is 0 Å². The Morgan fingerprint density at radius 2 is 1.88 bits per heavy atom. The molecule has 2 aromatic rings. The molecule has 3 heteroatoms. The van der Waals surface area contributed by atoms with Crippen LogP contribution in [0.4, 0.5) is 0 Å². The highest BCUT2D eigenvalue weighted by molar-refractivity contribution is 5.82. The summed E-state index contributed by atoms with van der Waals surface area (Å²) in [6.45, 7) is 5.65. The Morgan fingerprint density at radius 1 is 1.17 bits per heavy atom. The molecule has 0 spiro atoms. The number of carbonyl (C=O) groups is 1. The highest BCUT2D eigenvalue weighted by Gasteiger charge is 2.04. The van der Waals surface area contributed by atoms with Gasteiger partial charge in [0.25, 0.3) is 0 Å². The fraction of sp³-hybridized carbons (Fsp3) is 0.190. The summed E-state index contributed by atoms with van der Waals surface area (Å²) in [5.41, 5.74) is 1.97. The molecule has 0 aromatic heterocycles. The second-order valence-electron chi connectivity index (χ2n) is 5.51. The topological polar surface area (TPSA) is 38.3 Å². The molecule has 3 nitrogen and oxygen atoms in total. The molecule has 0 unspecified atom stereocenters. The van der Waals surface area contributed by atoms with Crippen LogP contribution in [-0.4, -0.2) is 13.0 Å². The molecule has 1 N–H and O–H groups in total. The van der Waals surface area contributed by atoms with Crippen LogP contribution in [-0.2, 0) is 11.2 Å². The summed E-state index contributed by atoms with van der Waals surface area (Å²) in [5.74, 6) is 0.833. The first-order valence-corrected chi connectivity index (χ1v) is 7.95. The summed E-state index contributed by atoms with van der Waals surface area (Å²) in [5, 5.41) is 5.04. The first-order valence-electron chi connectivity index (χ1n) is 7.95. The summed E-state index contributed by atoms with van der Waals surface area (Å²) in [6.07, 6.45) is 4.82. The molecule has 0 radical (unpaired) electrons. The van der Waals surface area contributed by atoms with Crippen LogP contribution in [0.1, 0.15) is 18.9 Å². The van der Waals surface area contributed by atoms with Crippen LogP contribution >= 0.6 is 0 Å². The van der Waals surface area contributed by atoms with Gasteiger partial charge in [0, 0.05) is 17.3 Å².